The predicted octanol–water partition coefficient (Wildman–Crippen LogP) is 1.49. The molecule has 138 valence electrons. The zero-order valence-electron chi connectivity index (χ0n) is 14.6. The molecular formula is C19H13N5O3S. The van der Waals surface area contributed by atoms with Gasteiger partial charge in [0.2, 0.25) is 0 Å². The van der Waals surface area contributed by atoms with E-state index in [1.54, 1.807) is 18.6 Å². The van der Waals surface area contributed by atoms with Crippen LogP contribution in [-0.4, -0.2) is 40.3 Å². The fourth-order valence-corrected chi connectivity index (χ4v) is 2.69. The molecule has 1 aliphatic heterocycles. The number of aromatic nitrogens is 2. The summed E-state index contributed by atoms with van der Waals surface area (Å²) in [5, 5.41) is 10.7. The van der Waals surface area contributed by atoms with E-state index in [2.05, 4.69) is 42.1 Å². The van der Waals surface area contributed by atoms with Crippen molar-refractivity contribution in [1.29, 1.82) is 0 Å². The molecule has 1 fully saturated rings. The van der Waals surface area contributed by atoms with Gasteiger partial charge in [-0.05, 0) is 29.5 Å². The molecule has 0 saturated carbocycles. The van der Waals surface area contributed by atoms with Crippen molar-refractivity contribution in [3.05, 3.63) is 70.7 Å². The van der Waals surface area contributed by atoms with Crippen LogP contribution in [0.25, 0.3) is 0 Å². The second-order valence-corrected chi connectivity index (χ2v) is 6.27. The van der Waals surface area contributed by atoms with Gasteiger partial charge in [0, 0.05) is 24.0 Å². The summed E-state index contributed by atoms with van der Waals surface area (Å²) in [5.74, 6) is 4.97. The average Bonchev–Trinajstić information content (AvgIpc) is 3.07. The molecule has 1 N–H and O–H groups in total. The summed E-state index contributed by atoms with van der Waals surface area (Å²) in [4.78, 5) is 30.9. The molecule has 2 aromatic rings. The van der Waals surface area contributed by atoms with Crippen LogP contribution in [0, 0.1) is 11.8 Å². The highest BCUT2D eigenvalue weighted by Crippen LogP contribution is 2.23. The van der Waals surface area contributed by atoms with Gasteiger partial charge in [0.05, 0.1) is 23.8 Å². The van der Waals surface area contributed by atoms with Crippen molar-refractivity contribution in [1.82, 2.24) is 15.3 Å². The highest BCUT2D eigenvalue weighted by atomic mass is 32.2. The van der Waals surface area contributed by atoms with Crippen LogP contribution in [-0.2, 0) is 14.3 Å². The third-order valence-corrected chi connectivity index (χ3v) is 4.18. The van der Waals surface area contributed by atoms with Crippen molar-refractivity contribution >= 4 is 35.0 Å². The van der Waals surface area contributed by atoms with Crippen LogP contribution in [0.5, 0.6) is 0 Å². The number of benzene rings is 1. The molecule has 3 rings (SSSR count). The molecule has 28 heavy (non-hydrogen) atoms. The van der Waals surface area contributed by atoms with Gasteiger partial charge in [0.15, 0.2) is 5.17 Å². The number of esters is 1. The first kappa shape index (κ1) is 19.0. The summed E-state index contributed by atoms with van der Waals surface area (Å²) in [5.41, 5.74) is 2.39. The molecule has 0 spiro atoms. The molecule has 1 aromatic carbocycles. The highest BCUT2D eigenvalue weighted by molar-refractivity contribution is 8.18. The third-order valence-electron chi connectivity index (χ3n) is 3.28. The van der Waals surface area contributed by atoms with E-state index >= 15 is 0 Å². The van der Waals surface area contributed by atoms with Crippen LogP contribution in [0.3, 0.4) is 0 Å². The van der Waals surface area contributed by atoms with Crippen LogP contribution >= 0.6 is 11.8 Å². The van der Waals surface area contributed by atoms with Gasteiger partial charge in [-0.1, -0.05) is 24.0 Å². The number of carbonyl (C=O) groups is 2. The molecule has 8 nitrogen and oxygen atoms in total. The maximum Gasteiger partial charge on any atom is 0.331 e. The highest BCUT2D eigenvalue weighted by Gasteiger charge is 2.24. The number of methoxy groups -OCH3 is 1. The summed E-state index contributed by atoms with van der Waals surface area (Å²) < 4.78 is 4.49. The summed E-state index contributed by atoms with van der Waals surface area (Å²) in [6.07, 6.45) is 7.39. The molecule has 0 atom stereocenters. The van der Waals surface area contributed by atoms with Gasteiger partial charge in [0.1, 0.15) is 6.33 Å². The second-order valence-electron chi connectivity index (χ2n) is 5.24. The third kappa shape index (κ3) is 5.36. The first-order chi connectivity index (χ1) is 13.6. The number of nitrogens with one attached hydrogen (secondary N) is 1. The Bertz CT molecular complexity index is 1030. The minimum atomic E-state index is -0.606. The standard InChI is InChI=1S/C19H13N5O3S/c1-27-17(25)8-16-18(26)23-19(28-16)24-22-11-14-5-2-13(3-6-14)4-7-15-9-20-12-21-10-15/h2-3,5-6,8-12H,1H3,(H,23,24,26)/b16-8+,22-11?. The number of rotatable bonds is 3. The lowest BCUT2D eigenvalue weighted by atomic mass is 10.1. The van der Waals surface area contributed by atoms with Crippen molar-refractivity contribution in [3.63, 3.8) is 0 Å². The Hall–Kier alpha value is -3.77. The molecule has 0 aliphatic carbocycles. The van der Waals surface area contributed by atoms with Gasteiger partial charge in [-0.2, -0.15) is 5.10 Å². The zero-order valence-corrected chi connectivity index (χ0v) is 15.4. The fourth-order valence-electron chi connectivity index (χ4n) is 1.95. The smallest absolute Gasteiger partial charge is 0.331 e. The Balaban J connectivity index is 1.62. The lowest BCUT2D eigenvalue weighted by Gasteiger charge is -1.93. The first-order valence-corrected chi connectivity index (χ1v) is 8.72. The number of amidine groups is 1. The number of amides is 1. The van der Waals surface area contributed by atoms with E-state index in [9.17, 15) is 9.59 Å². The van der Waals surface area contributed by atoms with Crippen LogP contribution in [0.2, 0.25) is 0 Å². The Morgan fingerprint density at radius 3 is 2.61 bits per heavy atom. The van der Waals surface area contributed by atoms with Gasteiger partial charge in [-0.25, -0.2) is 14.8 Å². The van der Waals surface area contributed by atoms with Crippen LogP contribution in [0.15, 0.2) is 64.2 Å². The van der Waals surface area contributed by atoms with E-state index < -0.39 is 11.9 Å². The lowest BCUT2D eigenvalue weighted by molar-refractivity contribution is -0.135. The fraction of sp³-hybridized carbons (Fsp3) is 0.0526. The van der Waals surface area contributed by atoms with Gasteiger partial charge in [0.25, 0.3) is 5.91 Å². The Morgan fingerprint density at radius 1 is 1.18 bits per heavy atom. The minimum absolute atomic E-state index is 0.201. The average molecular weight is 391 g/mol. The van der Waals surface area contributed by atoms with Crippen molar-refractivity contribution < 1.29 is 14.3 Å². The molecule has 1 amide bonds. The Morgan fingerprint density at radius 2 is 1.89 bits per heavy atom. The lowest BCUT2D eigenvalue weighted by Crippen LogP contribution is -2.19. The molecule has 1 saturated heterocycles. The maximum atomic E-state index is 11.7. The van der Waals surface area contributed by atoms with Crippen molar-refractivity contribution in [3.8, 4) is 11.8 Å². The Labute approximate surface area is 164 Å². The van der Waals surface area contributed by atoms with Gasteiger partial charge >= 0.3 is 5.97 Å². The molecule has 2 heterocycles. The van der Waals surface area contributed by atoms with E-state index in [0.29, 0.717) is 0 Å². The van der Waals surface area contributed by atoms with E-state index in [4.69, 9.17) is 0 Å². The van der Waals surface area contributed by atoms with Crippen molar-refractivity contribution in [2.24, 2.45) is 10.2 Å². The molecule has 0 unspecified atom stereocenters. The monoisotopic (exact) mass is 391 g/mol. The normalized spacial score (nSPS) is 16.1. The van der Waals surface area contributed by atoms with Crippen molar-refractivity contribution in [2.45, 2.75) is 0 Å². The molecule has 1 aliphatic rings. The molecule has 9 heteroatoms. The van der Waals surface area contributed by atoms with Crippen LogP contribution in [0.4, 0.5) is 0 Å². The zero-order chi connectivity index (χ0) is 19.8. The van der Waals surface area contributed by atoms with Crippen molar-refractivity contribution in [2.75, 3.05) is 7.11 Å². The first-order valence-electron chi connectivity index (χ1n) is 7.91. The summed E-state index contributed by atoms with van der Waals surface area (Å²) >= 11 is 1.01. The predicted molar refractivity (Wildman–Crippen MR) is 105 cm³/mol. The number of ether oxygens (including phenoxy) is 1. The largest absolute Gasteiger partial charge is 0.466 e. The number of hydrogen-bond donors (Lipinski definition) is 1. The molecule has 0 bridgehead atoms. The van der Waals surface area contributed by atoms with Gasteiger partial charge in [-0.15, -0.1) is 5.10 Å². The molecule has 0 radical (unpaired) electrons. The van der Waals surface area contributed by atoms with Gasteiger partial charge in [-0.3, -0.25) is 10.1 Å². The minimum Gasteiger partial charge on any atom is -0.466 e. The topological polar surface area (TPSA) is 106 Å². The summed E-state index contributed by atoms with van der Waals surface area (Å²) in [7, 11) is 1.24. The van der Waals surface area contributed by atoms with Crippen LogP contribution in [0.1, 0.15) is 16.7 Å². The van der Waals surface area contributed by atoms with Crippen LogP contribution < -0.4 is 5.32 Å². The number of carbonyl (C=O) groups excluding carboxylic acids is 2. The Kier molecular flexibility index (Phi) is 6.28. The maximum absolute atomic E-state index is 11.7. The van der Waals surface area contributed by atoms with Gasteiger partial charge < -0.3 is 4.74 Å². The quantitative estimate of drug-likeness (QED) is 0.279. The molecule has 1 aromatic heterocycles. The van der Waals surface area contributed by atoms with E-state index in [1.165, 1.54) is 13.4 Å². The second kappa shape index (κ2) is 9.25. The summed E-state index contributed by atoms with van der Waals surface area (Å²) in [6.45, 7) is 0. The van der Waals surface area contributed by atoms with E-state index in [-0.39, 0.29) is 10.1 Å². The molecular weight excluding hydrogens is 378 g/mol. The van der Waals surface area contributed by atoms with E-state index in [1.807, 2.05) is 24.3 Å². The number of hydrogen-bond acceptors (Lipinski definition) is 8. The number of thioether (sulfide) groups is 1. The van der Waals surface area contributed by atoms with E-state index in [0.717, 1.165) is 34.5 Å². The SMILES string of the molecule is COC(=O)/C=C1/S/C(=N\N=Cc2ccc(C#Cc3cncnc3)cc2)NC1=O. The summed E-state index contributed by atoms with van der Waals surface area (Å²) in [6, 6.07) is 7.40. The number of nitrogens with zero attached hydrogens (tertiary/aromatic N) is 4.